The van der Waals surface area contributed by atoms with E-state index in [1.165, 1.54) is 28.0 Å². The summed E-state index contributed by atoms with van der Waals surface area (Å²) >= 11 is 1.20. The number of fused-ring (bicyclic) bond motifs is 1. The molecule has 4 aromatic carbocycles. The number of esters is 2. The second-order valence-corrected chi connectivity index (χ2v) is 11.8. The van der Waals surface area contributed by atoms with Crippen molar-refractivity contribution in [3.05, 3.63) is 162 Å². The molecule has 0 amide bonds. The second-order valence-electron chi connectivity index (χ2n) is 10.8. The largest absolute Gasteiger partial charge is 0.489 e. The van der Waals surface area contributed by atoms with E-state index in [4.69, 9.17) is 19.2 Å². The summed E-state index contributed by atoms with van der Waals surface area (Å²) in [7, 11) is 0. The third-order valence-corrected chi connectivity index (χ3v) is 8.57. The number of rotatable bonds is 10. The van der Waals surface area contributed by atoms with Gasteiger partial charge in [-0.2, -0.15) is 0 Å². The lowest BCUT2D eigenvalue weighted by atomic mass is 9.93. The molecule has 0 N–H and O–H groups in total. The number of ether oxygens (including phenoxy) is 3. The summed E-state index contributed by atoms with van der Waals surface area (Å²) in [6, 6.07) is 28.4. The van der Waals surface area contributed by atoms with E-state index in [2.05, 4.69) is 0 Å². The molecule has 8 nitrogen and oxygen atoms in total. The topological polar surface area (TPSA) is 96.2 Å². The van der Waals surface area contributed by atoms with Gasteiger partial charge in [0, 0.05) is 5.56 Å². The highest BCUT2D eigenvalue weighted by molar-refractivity contribution is 7.07. The molecular formula is C38H31FN2O6S. The monoisotopic (exact) mass is 662 g/mol. The first-order chi connectivity index (χ1) is 23.4. The number of halogens is 1. The fourth-order valence-electron chi connectivity index (χ4n) is 5.36. The molecule has 0 bridgehead atoms. The highest BCUT2D eigenvalue weighted by Gasteiger charge is 2.35. The van der Waals surface area contributed by atoms with Gasteiger partial charge < -0.3 is 14.2 Å². The Labute approximate surface area is 279 Å². The molecule has 2 heterocycles. The van der Waals surface area contributed by atoms with Crippen LogP contribution in [0.5, 0.6) is 5.75 Å². The van der Waals surface area contributed by atoms with Crippen LogP contribution in [0, 0.1) is 5.82 Å². The molecule has 48 heavy (non-hydrogen) atoms. The van der Waals surface area contributed by atoms with Gasteiger partial charge in [-0.15, -0.1) is 0 Å². The number of nitrogens with zero attached hydrogens (tertiary/aromatic N) is 2. The van der Waals surface area contributed by atoms with E-state index in [1.54, 1.807) is 44.2 Å². The average molecular weight is 663 g/mol. The fraction of sp³-hybridized carbons (Fsp3) is 0.158. The number of carbonyl (C=O) groups excluding carboxylic acids is 2. The van der Waals surface area contributed by atoms with Gasteiger partial charge in [-0.1, -0.05) is 78.1 Å². The van der Waals surface area contributed by atoms with Gasteiger partial charge >= 0.3 is 11.9 Å². The third kappa shape index (κ3) is 6.89. The normalized spacial score (nSPS) is 14.2. The molecule has 0 saturated carbocycles. The molecule has 1 aliphatic rings. The number of aromatic nitrogens is 1. The molecule has 1 atom stereocenters. The van der Waals surface area contributed by atoms with Gasteiger partial charge in [0.25, 0.3) is 5.56 Å². The SMILES string of the molecule is CCOC(=O)C1=C(c2ccccc2)N=c2s/c(=C\c3cccc(OCc4ccc(C(=O)OCC)cc4)c3)c(=O)n2[C@@H]1c1ccc(F)cc1. The summed E-state index contributed by atoms with van der Waals surface area (Å²) in [5.74, 6) is -0.831. The molecule has 1 aromatic heterocycles. The van der Waals surface area contributed by atoms with Crippen molar-refractivity contribution in [3.63, 3.8) is 0 Å². The van der Waals surface area contributed by atoms with Crippen LogP contribution in [0.25, 0.3) is 11.8 Å². The molecule has 0 unspecified atom stereocenters. The van der Waals surface area contributed by atoms with Crippen LogP contribution in [0.3, 0.4) is 0 Å². The van der Waals surface area contributed by atoms with Gasteiger partial charge in [-0.05, 0) is 73.0 Å². The van der Waals surface area contributed by atoms with Crippen LogP contribution in [0.2, 0.25) is 0 Å². The summed E-state index contributed by atoms with van der Waals surface area (Å²) in [5, 5.41) is 0. The van der Waals surface area contributed by atoms with Crippen molar-refractivity contribution < 1.29 is 28.2 Å². The van der Waals surface area contributed by atoms with Crippen molar-refractivity contribution in [1.29, 1.82) is 0 Å². The van der Waals surface area contributed by atoms with E-state index in [0.717, 1.165) is 11.1 Å². The predicted molar refractivity (Wildman–Crippen MR) is 181 cm³/mol. The summed E-state index contributed by atoms with van der Waals surface area (Å²) in [5.41, 5.74) is 3.52. The first-order valence-electron chi connectivity index (χ1n) is 15.4. The Morgan fingerprint density at radius 1 is 0.875 bits per heavy atom. The summed E-state index contributed by atoms with van der Waals surface area (Å²) < 4.78 is 32.4. The van der Waals surface area contributed by atoms with Crippen molar-refractivity contribution in [1.82, 2.24) is 4.57 Å². The number of carbonyl (C=O) groups is 2. The number of hydrogen-bond donors (Lipinski definition) is 0. The Balaban J connectivity index is 1.38. The van der Waals surface area contributed by atoms with Gasteiger partial charge in [0.05, 0.1) is 40.6 Å². The van der Waals surface area contributed by atoms with E-state index in [1.807, 2.05) is 66.7 Å². The standard InChI is InChI=1S/C38H31FN2O6S/c1-3-45-36(43)28-15-13-24(14-16-28)23-47-30-12-8-9-25(21-30)22-31-35(42)41-34(27-17-19-29(39)20-18-27)32(37(44)46-4-2)33(40-38(41)48-31)26-10-6-5-7-11-26/h5-22,34H,3-4,23H2,1-2H3/b31-22-/t34-/m1/s1. The maximum absolute atomic E-state index is 14.1. The maximum atomic E-state index is 14.1. The quantitative estimate of drug-likeness (QED) is 0.175. The summed E-state index contributed by atoms with van der Waals surface area (Å²) in [6.07, 6.45) is 1.75. The molecule has 1 aliphatic heterocycles. The molecule has 242 valence electrons. The first kappa shape index (κ1) is 32.3. The lowest BCUT2D eigenvalue weighted by Gasteiger charge is -2.25. The predicted octanol–water partition coefficient (Wildman–Crippen LogP) is 5.83. The van der Waals surface area contributed by atoms with Gasteiger partial charge in [0.2, 0.25) is 0 Å². The van der Waals surface area contributed by atoms with Crippen LogP contribution in [0.1, 0.15) is 52.5 Å². The lowest BCUT2D eigenvalue weighted by molar-refractivity contribution is -0.138. The van der Waals surface area contributed by atoms with Crippen LogP contribution < -0.4 is 19.6 Å². The Bertz CT molecular complexity index is 2170. The summed E-state index contributed by atoms with van der Waals surface area (Å²) in [6.45, 7) is 4.17. The lowest BCUT2D eigenvalue weighted by Crippen LogP contribution is -2.40. The van der Waals surface area contributed by atoms with Crippen molar-refractivity contribution in [2.45, 2.75) is 26.5 Å². The van der Waals surface area contributed by atoms with Gasteiger partial charge in [-0.25, -0.2) is 19.0 Å². The molecule has 6 rings (SSSR count). The van der Waals surface area contributed by atoms with Crippen LogP contribution in [-0.2, 0) is 20.9 Å². The van der Waals surface area contributed by atoms with Gasteiger partial charge in [0.1, 0.15) is 18.2 Å². The highest BCUT2D eigenvalue weighted by Crippen LogP contribution is 2.35. The smallest absolute Gasteiger partial charge is 0.338 e. The third-order valence-electron chi connectivity index (χ3n) is 7.59. The molecule has 5 aromatic rings. The molecule has 0 radical (unpaired) electrons. The van der Waals surface area contributed by atoms with Crippen LogP contribution in [0.15, 0.2) is 118 Å². The average Bonchev–Trinajstić information content (AvgIpc) is 3.41. The van der Waals surface area contributed by atoms with Crippen molar-refractivity contribution >= 4 is 35.0 Å². The molecular weight excluding hydrogens is 631 g/mol. The zero-order valence-corrected chi connectivity index (χ0v) is 27.0. The van der Waals surface area contributed by atoms with E-state index in [0.29, 0.717) is 44.1 Å². The van der Waals surface area contributed by atoms with E-state index >= 15 is 0 Å². The van der Waals surface area contributed by atoms with E-state index < -0.39 is 17.8 Å². The van der Waals surface area contributed by atoms with Gasteiger partial charge in [0.15, 0.2) is 4.80 Å². The van der Waals surface area contributed by atoms with Crippen molar-refractivity contribution in [3.8, 4) is 5.75 Å². The second kappa shape index (κ2) is 14.4. The molecule has 10 heteroatoms. The molecule has 0 aliphatic carbocycles. The minimum absolute atomic E-state index is 0.127. The zero-order chi connectivity index (χ0) is 33.6. The Hall–Kier alpha value is -5.61. The molecule has 0 saturated heterocycles. The first-order valence-corrected chi connectivity index (χ1v) is 16.2. The van der Waals surface area contributed by atoms with Crippen molar-refractivity contribution in [2.24, 2.45) is 4.99 Å². The van der Waals surface area contributed by atoms with E-state index in [-0.39, 0.29) is 30.3 Å². The van der Waals surface area contributed by atoms with Crippen LogP contribution in [0.4, 0.5) is 4.39 Å². The molecule has 0 fully saturated rings. The fourth-order valence-corrected chi connectivity index (χ4v) is 6.37. The van der Waals surface area contributed by atoms with Crippen LogP contribution >= 0.6 is 11.3 Å². The maximum Gasteiger partial charge on any atom is 0.338 e. The van der Waals surface area contributed by atoms with Crippen molar-refractivity contribution in [2.75, 3.05) is 13.2 Å². The Kier molecular flexibility index (Phi) is 9.73. The number of benzene rings is 4. The van der Waals surface area contributed by atoms with Crippen LogP contribution in [-0.4, -0.2) is 29.7 Å². The van der Waals surface area contributed by atoms with Gasteiger partial charge in [-0.3, -0.25) is 9.36 Å². The van der Waals surface area contributed by atoms with E-state index in [9.17, 15) is 18.8 Å². The minimum Gasteiger partial charge on any atom is -0.489 e. The summed E-state index contributed by atoms with van der Waals surface area (Å²) in [4.78, 5) is 44.9. The molecule has 0 spiro atoms. The minimum atomic E-state index is -0.900. The Morgan fingerprint density at radius 3 is 2.29 bits per heavy atom. The Morgan fingerprint density at radius 2 is 1.58 bits per heavy atom. The zero-order valence-electron chi connectivity index (χ0n) is 26.2. The number of hydrogen-bond acceptors (Lipinski definition) is 8. The number of thiazole rings is 1. The highest BCUT2D eigenvalue weighted by atomic mass is 32.1.